The molecule has 1 heterocycles. The molecule has 0 saturated carbocycles. The van der Waals surface area contributed by atoms with Gasteiger partial charge in [0.1, 0.15) is 12.6 Å². The Balaban J connectivity index is 1.91. The van der Waals surface area contributed by atoms with Crippen molar-refractivity contribution >= 4 is 21.9 Å². The minimum Gasteiger partial charge on any atom is -0.493 e. The molecule has 0 saturated heterocycles. The molecule has 1 aliphatic heterocycles. The van der Waals surface area contributed by atoms with Crippen molar-refractivity contribution in [1.82, 2.24) is 5.32 Å². The average Bonchev–Trinajstić information content (AvgIpc) is 2.67. The van der Waals surface area contributed by atoms with E-state index in [1.54, 1.807) is 7.11 Å². The number of carbonyl (C=O) groups excluding carboxylic acids is 1. The second-order valence-corrected chi connectivity index (χ2v) is 6.87. The maximum Gasteiger partial charge on any atom is 0.323 e. The summed E-state index contributed by atoms with van der Waals surface area (Å²) in [4.78, 5) is 12.2. The molecule has 138 valence electrons. The lowest BCUT2D eigenvalue weighted by Crippen LogP contribution is -2.43. The number of fused-ring (bicyclic) bond motifs is 1. The third kappa shape index (κ3) is 4.02. The first-order chi connectivity index (χ1) is 12.6. The number of esters is 1. The van der Waals surface area contributed by atoms with Gasteiger partial charge in [-0.1, -0.05) is 46.3 Å². The third-order valence-electron chi connectivity index (χ3n) is 4.36. The number of hydrogen-bond donors (Lipinski definition) is 1. The van der Waals surface area contributed by atoms with Crippen molar-refractivity contribution in [2.24, 2.45) is 0 Å². The van der Waals surface area contributed by atoms with E-state index in [-0.39, 0.29) is 12.0 Å². The zero-order valence-corrected chi connectivity index (χ0v) is 16.5. The Kier molecular flexibility index (Phi) is 6.16. The number of hydrogen-bond acceptors (Lipinski definition) is 5. The van der Waals surface area contributed by atoms with Crippen LogP contribution in [0.4, 0.5) is 0 Å². The number of halogens is 1. The molecule has 2 aromatic carbocycles. The van der Waals surface area contributed by atoms with Crippen LogP contribution in [0.3, 0.4) is 0 Å². The summed E-state index contributed by atoms with van der Waals surface area (Å²) in [5, 5.41) is 3.24. The highest BCUT2D eigenvalue weighted by atomic mass is 79.9. The van der Waals surface area contributed by atoms with E-state index < -0.39 is 0 Å². The summed E-state index contributed by atoms with van der Waals surface area (Å²) < 4.78 is 17.8. The van der Waals surface area contributed by atoms with Gasteiger partial charge < -0.3 is 14.2 Å². The minimum absolute atomic E-state index is 0.244. The summed E-state index contributed by atoms with van der Waals surface area (Å²) in [5.41, 5.74) is 3.13. The normalized spacial score (nSPS) is 15.9. The lowest BCUT2D eigenvalue weighted by atomic mass is 9.94. The van der Waals surface area contributed by atoms with Gasteiger partial charge in [0.05, 0.1) is 13.7 Å². The number of nitrogens with one attached hydrogen (secondary N) is 1. The van der Waals surface area contributed by atoms with Gasteiger partial charge in [0, 0.05) is 23.0 Å². The smallest absolute Gasteiger partial charge is 0.323 e. The average molecular weight is 420 g/mol. The van der Waals surface area contributed by atoms with E-state index >= 15 is 0 Å². The summed E-state index contributed by atoms with van der Waals surface area (Å²) in [6, 6.07) is 11.5. The highest BCUT2D eigenvalue weighted by Gasteiger charge is 2.30. The largest absolute Gasteiger partial charge is 0.493 e. The standard InChI is InChI=1S/C20H22BrNO4/c1-3-25-20(23)17-9-14-15(11-22-17)16(21)10-18(24-2)19(14)26-12-13-7-5-4-6-8-13/h4-8,10,17,22H,3,9,11-12H2,1-2H3. The zero-order valence-electron chi connectivity index (χ0n) is 14.9. The van der Waals surface area contributed by atoms with E-state index in [0.717, 1.165) is 21.2 Å². The predicted octanol–water partition coefficient (Wildman–Crippen LogP) is 3.61. The highest BCUT2D eigenvalue weighted by Crippen LogP contribution is 2.41. The van der Waals surface area contributed by atoms with Crippen molar-refractivity contribution in [2.45, 2.75) is 32.5 Å². The first kappa shape index (κ1) is 18.7. The fraction of sp³-hybridized carbons (Fsp3) is 0.350. The maximum atomic E-state index is 12.2. The summed E-state index contributed by atoms with van der Waals surface area (Å²) in [7, 11) is 1.62. The van der Waals surface area contributed by atoms with Gasteiger partial charge in [-0.2, -0.15) is 0 Å². The molecular weight excluding hydrogens is 398 g/mol. The molecule has 0 fully saturated rings. The van der Waals surface area contributed by atoms with E-state index in [1.807, 2.05) is 43.3 Å². The Morgan fingerprint density at radius 2 is 2.04 bits per heavy atom. The third-order valence-corrected chi connectivity index (χ3v) is 5.07. The first-order valence-corrected chi connectivity index (χ1v) is 9.38. The number of ether oxygens (including phenoxy) is 3. The fourth-order valence-corrected chi connectivity index (χ4v) is 3.64. The quantitative estimate of drug-likeness (QED) is 0.724. The van der Waals surface area contributed by atoms with Crippen LogP contribution in [-0.4, -0.2) is 25.7 Å². The lowest BCUT2D eigenvalue weighted by Gasteiger charge is -2.28. The first-order valence-electron chi connectivity index (χ1n) is 8.59. The van der Waals surface area contributed by atoms with Crippen molar-refractivity contribution in [3.63, 3.8) is 0 Å². The van der Waals surface area contributed by atoms with Gasteiger partial charge in [0.2, 0.25) is 0 Å². The molecule has 0 aromatic heterocycles. The van der Waals surface area contributed by atoms with Crippen LogP contribution in [0.1, 0.15) is 23.6 Å². The molecule has 1 aliphatic rings. The molecule has 1 unspecified atom stereocenters. The van der Waals surface area contributed by atoms with Crippen LogP contribution in [-0.2, 0) is 29.1 Å². The van der Waals surface area contributed by atoms with Crippen LogP contribution < -0.4 is 14.8 Å². The van der Waals surface area contributed by atoms with Crippen molar-refractivity contribution in [2.75, 3.05) is 13.7 Å². The number of carbonyl (C=O) groups is 1. The van der Waals surface area contributed by atoms with Gasteiger partial charge >= 0.3 is 5.97 Å². The molecule has 26 heavy (non-hydrogen) atoms. The Bertz CT molecular complexity index is 779. The predicted molar refractivity (Wildman–Crippen MR) is 102 cm³/mol. The lowest BCUT2D eigenvalue weighted by molar-refractivity contribution is -0.145. The molecule has 0 bridgehead atoms. The van der Waals surface area contributed by atoms with Gasteiger partial charge in [-0.25, -0.2) is 0 Å². The molecule has 5 nitrogen and oxygen atoms in total. The summed E-state index contributed by atoms with van der Waals surface area (Å²) in [6.07, 6.45) is 0.494. The van der Waals surface area contributed by atoms with E-state index in [4.69, 9.17) is 14.2 Å². The van der Waals surface area contributed by atoms with Crippen molar-refractivity contribution in [1.29, 1.82) is 0 Å². The zero-order chi connectivity index (χ0) is 18.5. The van der Waals surface area contributed by atoms with Gasteiger partial charge in [-0.3, -0.25) is 10.1 Å². The van der Waals surface area contributed by atoms with Crippen LogP contribution in [0.2, 0.25) is 0 Å². The number of rotatable bonds is 6. The van der Waals surface area contributed by atoms with Gasteiger partial charge in [-0.15, -0.1) is 0 Å². The van der Waals surface area contributed by atoms with Crippen molar-refractivity contribution < 1.29 is 19.0 Å². The van der Waals surface area contributed by atoms with Crippen molar-refractivity contribution in [3.05, 3.63) is 57.6 Å². The maximum absolute atomic E-state index is 12.2. The van der Waals surface area contributed by atoms with Crippen LogP contribution in [0, 0.1) is 0 Å². The molecule has 2 aromatic rings. The highest BCUT2D eigenvalue weighted by molar-refractivity contribution is 9.10. The van der Waals surface area contributed by atoms with Crippen LogP contribution in [0.25, 0.3) is 0 Å². The Morgan fingerprint density at radius 3 is 2.73 bits per heavy atom. The Morgan fingerprint density at radius 1 is 1.27 bits per heavy atom. The Labute approximate surface area is 161 Å². The molecular formula is C20H22BrNO4. The summed E-state index contributed by atoms with van der Waals surface area (Å²) >= 11 is 3.60. The van der Waals surface area contributed by atoms with E-state index in [1.165, 1.54) is 0 Å². The molecule has 0 amide bonds. The van der Waals surface area contributed by atoms with Gasteiger partial charge in [-0.05, 0) is 24.1 Å². The molecule has 1 atom stereocenters. The van der Waals surface area contributed by atoms with Crippen molar-refractivity contribution in [3.8, 4) is 11.5 Å². The summed E-state index contributed by atoms with van der Waals surface area (Å²) in [5.74, 6) is 1.09. The molecule has 0 radical (unpaired) electrons. The van der Waals surface area contributed by atoms with E-state index in [9.17, 15) is 4.79 Å². The second-order valence-electron chi connectivity index (χ2n) is 6.01. The minimum atomic E-state index is -0.388. The summed E-state index contributed by atoms with van der Waals surface area (Å²) in [6.45, 7) is 3.17. The van der Waals surface area contributed by atoms with E-state index in [2.05, 4.69) is 21.2 Å². The topological polar surface area (TPSA) is 56.8 Å². The monoisotopic (exact) mass is 419 g/mol. The fourth-order valence-electron chi connectivity index (χ4n) is 3.06. The van der Waals surface area contributed by atoms with Crippen LogP contribution >= 0.6 is 15.9 Å². The van der Waals surface area contributed by atoms with Crippen LogP contribution in [0.15, 0.2) is 40.9 Å². The molecule has 0 spiro atoms. The molecule has 1 N–H and O–H groups in total. The van der Waals surface area contributed by atoms with Crippen LogP contribution in [0.5, 0.6) is 11.5 Å². The number of methoxy groups -OCH3 is 1. The Hall–Kier alpha value is -2.05. The van der Waals surface area contributed by atoms with Gasteiger partial charge in [0.15, 0.2) is 11.5 Å². The van der Waals surface area contributed by atoms with E-state index in [0.29, 0.717) is 37.7 Å². The molecule has 6 heteroatoms. The SMILES string of the molecule is CCOC(=O)C1Cc2c(c(Br)cc(OC)c2OCc2ccccc2)CN1. The van der Waals surface area contributed by atoms with Gasteiger partial charge in [0.25, 0.3) is 0 Å². The number of benzene rings is 2. The molecule has 0 aliphatic carbocycles. The molecule has 3 rings (SSSR count). The second kappa shape index (κ2) is 8.56.